The van der Waals surface area contributed by atoms with Gasteiger partial charge in [-0.3, -0.25) is 0 Å². The monoisotopic (exact) mass is 172 g/mol. The number of thiophene rings is 1. The maximum absolute atomic E-state index is 10.9. The van der Waals surface area contributed by atoms with Gasteiger partial charge in [-0.15, -0.1) is 0 Å². The van der Waals surface area contributed by atoms with E-state index in [1.807, 2.05) is 0 Å². The van der Waals surface area contributed by atoms with Gasteiger partial charge in [0.2, 0.25) is 0 Å². The van der Waals surface area contributed by atoms with Gasteiger partial charge in [0, 0.05) is 0 Å². The Morgan fingerprint density at radius 1 is 1.45 bits per heavy atom. The van der Waals surface area contributed by atoms with Crippen LogP contribution in [0.2, 0.25) is 0 Å². The van der Waals surface area contributed by atoms with Crippen molar-refractivity contribution in [3.05, 3.63) is 17.0 Å². The number of ether oxygens (including phenoxy) is 2. The summed E-state index contributed by atoms with van der Waals surface area (Å²) in [6.45, 7) is 0. The van der Waals surface area contributed by atoms with E-state index in [1.165, 1.54) is 18.4 Å². The fourth-order valence-corrected chi connectivity index (χ4v) is 1.38. The molecule has 0 spiro atoms. The summed E-state index contributed by atoms with van der Waals surface area (Å²) in [5, 5.41) is 0.713. The lowest BCUT2D eigenvalue weighted by Crippen LogP contribution is -1.96. The van der Waals surface area contributed by atoms with E-state index in [0.717, 1.165) is 0 Å². The molecule has 0 aliphatic rings. The van der Waals surface area contributed by atoms with Gasteiger partial charge >= 0.3 is 5.97 Å². The van der Waals surface area contributed by atoms with Gasteiger partial charge in [0.1, 0.15) is 4.88 Å². The average molecular weight is 172 g/mol. The highest BCUT2D eigenvalue weighted by atomic mass is 32.1. The van der Waals surface area contributed by atoms with E-state index in [2.05, 4.69) is 4.74 Å². The molecule has 11 heavy (non-hydrogen) atoms. The molecule has 0 unspecified atom stereocenters. The Labute approximate surface area is 68.6 Å². The summed E-state index contributed by atoms with van der Waals surface area (Å²) >= 11 is 1.27. The van der Waals surface area contributed by atoms with Crippen molar-refractivity contribution in [2.24, 2.45) is 0 Å². The van der Waals surface area contributed by atoms with Crippen LogP contribution in [0.5, 0.6) is 5.06 Å². The predicted octanol–water partition coefficient (Wildman–Crippen LogP) is 1.54. The van der Waals surface area contributed by atoms with Crippen molar-refractivity contribution in [2.75, 3.05) is 14.2 Å². The van der Waals surface area contributed by atoms with Gasteiger partial charge in [-0.05, 0) is 12.1 Å². The number of rotatable bonds is 2. The summed E-state index contributed by atoms with van der Waals surface area (Å²) in [4.78, 5) is 11.4. The van der Waals surface area contributed by atoms with Crippen LogP contribution in [-0.4, -0.2) is 20.2 Å². The molecule has 1 rings (SSSR count). The minimum absolute atomic E-state index is 0.321. The Hall–Kier alpha value is -1.03. The molecular formula is C7H8O3S. The zero-order chi connectivity index (χ0) is 8.27. The fraction of sp³-hybridized carbons (Fsp3) is 0.286. The Morgan fingerprint density at radius 2 is 2.18 bits per heavy atom. The first-order valence-electron chi connectivity index (χ1n) is 3.00. The lowest BCUT2D eigenvalue weighted by atomic mass is 10.5. The van der Waals surface area contributed by atoms with Gasteiger partial charge < -0.3 is 9.47 Å². The summed E-state index contributed by atoms with van der Waals surface area (Å²) in [6.07, 6.45) is 0. The maximum atomic E-state index is 10.9. The first-order valence-corrected chi connectivity index (χ1v) is 3.81. The maximum Gasteiger partial charge on any atom is 0.348 e. The molecule has 1 heterocycles. The number of hydrogen-bond donors (Lipinski definition) is 0. The predicted molar refractivity (Wildman–Crippen MR) is 42.2 cm³/mol. The van der Waals surface area contributed by atoms with Gasteiger partial charge in [-0.25, -0.2) is 4.79 Å². The van der Waals surface area contributed by atoms with Crippen LogP contribution in [0.4, 0.5) is 0 Å². The second kappa shape index (κ2) is 3.39. The normalized spacial score (nSPS) is 9.27. The van der Waals surface area contributed by atoms with Crippen molar-refractivity contribution in [1.82, 2.24) is 0 Å². The van der Waals surface area contributed by atoms with Crippen molar-refractivity contribution < 1.29 is 14.3 Å². The quantitative estimate of drug-likeness (QED) is 0.635. The number of carbonyl (C=O) groups excluding carboxylic acids is 1. The van der Waals surface area contributed by atoms with E-state index in [-0.39, 0.29) is 5.97 Å². The summed E-state index contributed by atoms with van der Waals surface area (Å²) in [5.74, 6) is -0.321. The van der Waals surface area contributed by atoms with Crippen LogP contribution in [0.3, 0.4) is 0 Å². The first-order chi connectivity index (χ1) is 5.27. The third-order valence-corrected chi connectivity index (χ3v) is 2.20. The number of hydrogen-bond acceptors (Lipinski definition) is 4. The van der Waals surface area contributed by atoms with Crippen LogP contribution >= 0.6 is 11.3 Å². The summed E-state index contributed by atoms with van der Waals surface area (Å²) < 4.78 is 9.41. The van der Waals surface area contributed by atoms with Crippen molar-refractivity contribution in [2.45, 2.75) is 0 Å². The molecule has 0 radical (unpaired) electrons. The Morgan fingerprint density at radius 3 is 2.64 bits per heavy atom. The van der Waals surface area contributed by atoms with Gasteiger partial charge in [0.05, 0.1) is 14.2 Å². The second-order valence-electron chi connectivity index (χ2n) is 1.81. The highest BCUT2D eigenvalue weighted by Gasteiger charge is 2.08. The SMILES string of the molecule is COC(=O)c1ccc(OC)s1. The molecule has 0 aliphatic carbocycles. The number of methoxy groups -OCH3 is 2. The molecule has 0 saturated heterocycles. The van der Waals surface area contributed by atoms with Crippen LogP contribution in [0, 0.1) is 0 Å². The van der Waals surface area contributed by atoms with Gasteiger partial charge in [-0.2, -0.15) is 0 Å². The van der Waals surface area contributed by atoms with Crippen LogP contribution in [0.25, 0.3) is 0 Å². The molecule has 0 atom stereocenters. The second-order valence-corrected chi connectivity index (χ2v) is 2.86. The van der Waals surface area contributed by atoms with E-state index < -0.39 is 0 Å². The van der Waals surface area contributed by atoms with Crippen molar-refractivity contribution in [3.8, 4) is 5.06 Å². The Kier molecular flexibility index (Phi) is 2.48. The molecule has 0 aliphatic heterocycles. The average Bonchev–Trinajstić information content (AvgIpc) is 2.50. The van der Waals surface area contributed by atoms with Crippen LogP contribution in [0.1, 0.15) is 9.67 Å². The number of esters is 1. The van der Waals surface area contributed by atoms with Crippen LogP contribution in [0.15, 0.2) is 12.1 Å². The first kappa shape index (κ1) is 8.07. The van der Waals surface area contributed by atoms with Gasteiger partial charge in [-0.1, -0.05) is 11.3 Å². The molecule has 3 nitrogen and oxygen atoms in total. The molecule has 0 bridgehead atoms. The summed E-state index contributed by atoms with van der Waals surface area (Å²) in [5.41, 5.74) is 0. The third kappa shape index (κ3) is 1.71. The molecule has 1 aromatic rings. The standard InChI is InChI=1S/C7H8O3S/c1-9-6-4-3-5(11-6)7(8)10-2/h3-4H,1-2H3. The molecule has 60 valence electrons. The molecule has 0 N–H and O–H groups in total. The third-order valence-electron chi connectivity index (χ3n) is 1.17. The topological polar surface area (TPSA) is 35.5 Å². The van der Waals surface area contributed by atoms with E-state index in [0.29, 0.717) is 9.94 Å². The molecule has 4 heteroatoms. The highest BCUT2D eigenvalue weighted by Crippen LogP contribution is 2.23. The highest BCUT2D eigenvalue weighted by molar-refractivity contribution is 7.15. The molecule has 0 aromatic carbocycles. The van der Waals surface area contributed by atoms with Crippen LogP contribution < -0.4 is 4.74 Å². The molecule has 1 aromatic heterocycles. The lowest BCUT2D eigenvalue weighted by Gasteiger charge is -1.92. The van der Waals surface area contributed by atoms with E-state index in [9.17, 15) is 4.79 Å². The molecular weight excluding hydrogens is 164 g/mol. The molecule has 0 saturated carbocycles. The zero-order valence-electron chi connectivity index (χ0n) is 6.29. The van der Waals surface area contributed by atoms with Gasteiger partial charge in [0.25, 0.3) is 0 Å². The minimum Gasteiger partial charge on any atom is -0.487 e. The van der Waals surface area contributed by atoms with E-state index >= 15 is 0 Å². The Balaban J connectivity index is 2.80. The van der Waals surface area contributed by atoms with E-state index in [4.69, 9.17) is 4.74 Å². The summed E-state index contributed by atoms with van der Waals surface area (Å²) in [6, 6.07) is 3.41. The lowest BCUT2D eigenvalue weighted by molar-refractivity contribution is 0.0606. The van der Waals surface area contributed by atoms with Crippen molar-refractivity contribution >= 4 is 17.3 Å². The fourth-order valence-electron chi connectivity index (χ4n) is 0.640. The number of carbonyl (C=O) groups is 1. The van der Waals surface area contributed by atoms with Crippen molar-refractivity contribution in [3.63, 3.8) is 0 Å². The summed E-state index contributed by atoms with van der Waals surface area (Å²) in [7, 11) is 2.92. The van der Waals surface area contributed by atoms with Gasteiger partial charge in [0.15, 0.2) is 5.06 Å². The van der Waals surface area contributed by atoms with E-state index in [1.54, 1.807) is 19.2 Å². The zero-order valence-corrected chi connectivity index (χ0v) is 7.10. The minimum atomic E-state index is -0.321. The van der Waals surface area contributed by atoms with Crippen LogP contribution in [-0.2, 0) is 4.74 Å². The largest absolute Gasteiger partial charge is 0.487 e. The van der Waals surface area contributed by atoms with Crippen molar-refractivity contribution in [1.29, 1.82) is 0 Å². The molecule has 0 fully saturated rings. The Bertz CT molecular complexity index is 254. The smallest absolute Gasteiger partial charge is 0.348 e. The molecule has 0 amide bonds.